The molecule has 0 aliphatic rings. The maximum Gasteiger partial charge on any atom is 0.343 e. The van der Waals surface area contributed by atoms with Crippen molar-refractivity contribution in [3.8, 4) is 0 Å². The number of nitrogens with one attached hydrogen (secondary N) is 2. The standard InChI is InChI=1S/C14H19FN4OS/c1-5-19-13(20)17-18-14(19)21-12-6-8(2)11(15)7-10(12)9(3)16-4/h6-7,9,16H,5H2,1-4H3,(H,17,20). The number of benzene rings is 1. The van der Waals surface area contributed by atoms with Crippen LogP contribution in [0.25, 0.3) is 0 Å². The van der Waals surface area contributed by atoms with Crippen molar-refractivity contribution in [3.63, 3.8) is 0 Å². The van der Waals surface area contributed by atoms with Gasteiger partial charge in [-0.1, -0.05) is 0 Å². The number of H-pyrrole nitrogens is 1. The molecule has 0 spiro atoms. The second-order valence-electron chi connectivity index (χ2n) is 4.81. The van der Waals surface area contributed by atoms with Gasteiger partial charge in [0.1, 0.15) is 5.82 Å². The van der Waals surface area contributed by atoms with Gasteiger partial charge in [-0.15, -0.1) is 5.10 Å². The van der Waals surface area contributed by atoms with Gasteiger partial charge in [0.25, 0.3) is 0 Å². The summed E-state index contributed by atoms with van der Waals surface area (Å²) in [6.07, 6.45) is 0. The lowest BCUT2D eigenvalue weighted by Crippen LogP contribution is -2.16. The van der Waals surface area contributed by atoms with Crippen LogP contribution in [0.2, 0.25) is 0 Å². The Kier molecular flexibility index (Phi) is 4.84. The molecule has 0 aliphatic heterocycles. The lowest BCUT2D eigenvalue weighted by molar-refractivity contribution is 0.594. The molecule has 21 heavy (non-hydrogen) atoms. The second kappa shape index (κ2) is 6.44. The molecule has 1 aromatic heterocycles. The minimum absolute atomic E-state index is 0.00309. The molecule has 0 fully saturated rings. The largest absolute Gasteiger partial charge is 0.343 e. The van der Waals surface area contributed by atoms with Crippen LogP contribution in [-0.2, 0) is 6.54 Å². The first-order chi connectivity index (χ1) is 9.97. The maximum absolute atomic E-state index is 13.8. The van der Waals surface area contributed by atoms with Crippen LogP contribution in [0.3, 0.4) is 0 Å². The number of rotatable bonds is 5. The minimum atomic E-state index is -0.234. The fourth-order valence-electron chi connectivity index (χ4n) is 2.01. The number of aryl methyl sites for hydroxylation is 1. The van der Waals surface area contributed by atoms with Gasteiger partial charge in [-0.2, -0.15) is 0 Å². The molecule has 0 bridgehead atoms. The monoisotopic (exact) mass is 310 g/mol. The summed E-state index contributed by atoms with van der Waals surface area (Å²) in [7, 11) is 1.83. The molecule has 2 N–H and O–H groups in total. The Labute approximate surface area is 127 Å². The van der Waals surface area contributed by atoms with Crippen LogP contribution >= 0.6 is 11.8 Å². The van der Waals surface area contributed by atoms with Crippen molar-refractivity contribution >= 4 is 11.8 Å². The molecule has 2 aromatic rings. The number of hydrogen-bond acceptors (Lipinski definition) is 4. The molecule has 1 heterocycles. The van der Waals surface area contributed by atoms with E-state index < -0.39 is 0 Å². The molecule has 1 unspecified atom stereocenters. The number of nitrogens with zero attached hydrogens (tertiary/aromatic N) is 2. The molecule has 1 atom stereocenters. The molecule has 114 valence electrons. The smallest absolute Gasteiger partial charge is 0.313 e. The molecular formula is C14H19FN4OS. The van der Waals surface area contributed by atoms with Crippen molar-refractivity contribution in [1.82, 2.24) is 20.1 Å². The van der Waals surface area contributed by atoms with Gasteiger partial charge in [-0.25, -0.2) is 14.3 Å². The third-order valence-electron chi connectivity index (χ3n) is 3.43. The van der Waals surface area contributed by atoms with Gasteiger partial charge in [-0.3, -0.25) is 4.57 Å². The molecule has 1 aromatic carbocycles. The highest BCUT2D eigenvalue weighted by Gasteiger charge is 2.16. The van der Waals surface area contributed by atoms with Crippen molar-refractivity contribution in [2.45, 2.75) is 43.4 Å². The molecule has 2 rings (SSSR count). The fraction of sp³-hybridized carbons (Fsp3) is 0.429. The van der Waals surface area contributed by atoms with E-state index in [4.69, 9.17) is 0 Å². The summed E-state index contributed by atoms with van der Waals surface area (Å²) in [5, 5.41) is 10.2. The van der Waals surface area contributed by atoms with Gasteiger partial charge in [0.15, 0.2) is 5.16 Å². The summed E-state index contributed by atoms with van der Waals surface area (Å²) in [4.78, 5) is 12.5. The summed E-state index contributed by atoms with van der Waals surface area (Å²) < 4.78 is 15.4. The van der Waals surface area contributed by atoms with Crippen molar-refractivity contribution in [2.75, 3.05) is 7.05 Å². The van der Waals surface area contributed by atoms with Gasteiger partial charge in [0, 0.05) is 17.5 Å². The van der Waals surface area contributed by atoms with Gasteiger partial charge < -0.3 is 5.32 Å². The van der Waals surface area contributed by atoms with Crippen molar-refractivity contribution < 1.29 is 4.39 Å². The van der Waals surface area contributed by atoms with Crippen molar-refractivity contribution in [3.05, 3.63) is 39.6 Å². The Morgan fingerprint density at radius 3 is 2.86 bits per heavy atom. The average molecular weight is 310 g/mol. The second-order valence-corrected chi connectivity index (χ2v) is 5.82. The van der Waals surface area contributed by atoms with Crippen molar-refractivity contribution in [1.29, 1.82) is 0 Å². The van der Waals surface area contributed by atoms with E-state index in [1.807, 2.05) is 20.9 Å². The Bertz CT molecular complexity index is 695. The van der Waals surface area contributed by atoms with Gasteiger partial charge in [-0.05, 0) is 62.8 Å². The van der Waals surface area contributed by atoms with E-state index >= 15 is 0 Å². The summed E-state index contributed by atoms with van der Waals surface area (Å²) in [5.74, 6) is -0.230. The molecule has 0 radical (unpaired) electrons. The highest BCUT2D eigenvalue weighted by atomic mass is 32.2. The Morgan fingerprint density at radius 2 is 2.24 bits per heavy atom. The summed E-state index contributed by atoms with van der Waals surface area (Å²) in [6, 6.07) is 3.34. The van der Waals surface area contributed by atoms with E-state index in [2.05, 4.69) is 15.5 Å². The fourth-order valence-corrected chi connectivity index (χ4v) is 3.21. The van der Waals surface area contributed by atoms with E-state index in [-0.39, 0.29) is 17.5 Å². The van der Waals surface area contributed by atoms with Crippen LogP contribution in [0.15, 0.2) is 27.0 Å². The lowest BCUT2D eigenvalue weighted by Gasteiger charge is -2.16. The van der Waals surface area contributed by atoms with Gasteiger partial charge in [0.05, 0.1) is 0 Å². The van der Waals surface area contributed by atoms with Crippen LogP contribution < -0.4 is 11.0 Å². The molecule has 0 amide bonds. The lowest BCUT2D eigenvalue weighted by atomic mass is 10.1. The third-order valence-corrected chi connectivity index (χ3v) is 4.50. The van der Waals surface area contributed by atoms with Gasteiger partial charge >= 0.3 is 5.69 Å². The van der Waals surface area contributed by atoms with Crippen LogP contribution in [0.5, 0.6) is 0 Å². The first kappa shape index (κ1) is 15.8. The minimum Gasteiger partial charge on any atom is -0.313 e. The Hall–Kier alpha value is -1.60. The van der Waals surface area contributed by atoms with Crippen LogP contribution in [0, 0.1) is 12.7 Å². The zero-order valence-electron chi connectivity index (χ0n) is 12.5. The predicted molar refractivity (Wildman–Crippen MR) is 81.3 cm³/mol. The van der Waals surface area contributed by atoms with Crippen LogP contribution in [0.1, 0.15) is 31.0 Å². The van der Waals surface area contributed by atoms with Gasteiger partial charge in [0.2, 0.25) is 0 Å². The SMILES string of the molecule is CCn1c(Sc2cc(C)c(F)cc2C(C)NC)n[nH]c1=O. The van der Waals surface area contributed by atoms with E-state index in [9.17, 15) is 9.18 Å². The maximum atomic E-state index is 13.8. The first-order valence-corrected chi connectivity index (χ1v) is 7.60. The Balaban J connectivity index is 2.47. The molecular weight excluding hydrogens is 291 g/mol. The topological polar surface area (TPSA) is 62.7 Å². The van der Waals surface area contributed by atoms with E-state index in [0.29, 0.717) is 17.3 Å². The molecule has 5 nitrogen and oxygen atoms in total. The van der Waals surface area contributed by atoms with Crippen LogP contribution in [0.4, 0.5) is 4.39 Å². The zero-order chi connectivity index (χ0) is 15.6. The third kappa shape index (κ3) is 3.19. The molecule has 7 heteroatoms. The molecule has 0 saturated carbocycles. The van der Waals surface area contributed by atoms with Crippen LogP contribution in [-0.4, -0.2) is 21.8 Å². The predicted octanol–water partition coefficient (Wildman–Crippen LogP) is 2.47. The van der Waals surface area contributed by atoms with E-state index in [1.165, 1.54) is 11.8 Å². The summed E-state index contributed by atoms with van der Waals surface area (Å²) >= 11 is 1.37. The Morgan fingerprint density at radius 1 is 1.52 bits per heavy atom. The number of halogens is 1. The normalized spacial score (nSPS) is 12.6. The quantitative estimate of drug-likeness (QED) is 0.890. The van der Waals surface area contributed by atoms with E-state index in [0.717, 1.165) is 10.5 Å². The molecule has 0 aliphatic carbocycles. The first-order valence-electron chi connectivity index (χ1n) is 6.78. The number of aromatic nitrogens is 3. The zero-order valence-corrected chi connectivity index (χ0v) is 13.3. The average Bonchev–Trinajstić information content (AvgIpc) is 2.81. The highest BCUT2D eigenvalue weighted by molar-refractivity contribution is 7.99. The van der Waals surface area contributed by atoms with Crippen molar-refractivity contribution in [2.24, 2.45) is 0 Å². The van der Waals surface area contributed by atoms with E-state index in [1.54, 1.807) is 23.6 Å². The number of hydrogen-bond donors (Lipinski definition) is 2. The molecule has 0 saturated heterocycles. The summed E-state index contributed by atoms with van der Waals surface area (Å²) in [6.45, 7) is 6.11. The summed E-state index contributed by atoms with van der Waals surface area (Å²) in [5.41, 5.74) is 1.19. The number of aromatic amines is 1. The highest BCUT2D eigenvalue weighted by Crippen LogP contribution is 2.33.